The molecule has 0 spiro atoms. The molecule has 17 heavy (non-hydrogen) atoms. The molecule has 0 aromatic carbocycles. The number of furan rings is 1. The normalized spacial score (nSPS) is 11.5. The van der Waals surface area contributed by atoms with Gasteiger partial charge in [0.25, 0.3) is 5.91 Å². The Labute approximate surface area is 104 Å². The van der Waals surface area contributed by atoms with Crippen LogP contribution in [0.2, 0.25) is 0 Å². The molecule has 2 heterocycles. The minimum atomic E-state index is -0.200. The van der Waals surface area contributed by atoms with Crippen LogP contribution in [0.4, 0.5) is 5.13 Å². The standard InChI is InChI=1S/C12H14N2O2S/c1-12(2,3)9-7-17-11(13-9)14-10(15)8-4-5-16-6-8/h4-7H,1-3H3,(H,13,14,15). The molecule has 90 valence electrons. The quantitative estimate of drug-likeness (QED) is 0.889. The van der Waals surface area contributed by atoms with Crippen LogP contribution < -0.4 is 5.32 Å². The fourth-order valence-corrected chi connectivity index (χ4v) is 2.17. The van der Waals surface area contributed by atoms with E-state index >= 15 is 0 Å². The zero-order valence-electron chi connectivity index (χ0n) is 9.98. The van der Waals surface area contributed by atoms with Crippen molar-refractivity contribution in [3.8, 4) is 0 Å². The van der Waals surface area contributed by atoms with Crippen LogP contribution in [0.25, 0.3) is 0 Å². The Balaban J connectivity index is 2.10. The van der Waals surface area contributed by atoms with Crippen LogP contribution in [0.3, 0.4) is 0 Å². The second-order valence-electron chi connectivity index (χ2n) is 4.75. The van der Waals surface area contributed by atoms with Crippen LogP contribution in [-0.2, 0) is 5.41 Å². The summed E-state index contributed by atoms with van der Waals surface area (Å²) >= 11 is 1.43. The topological polar surface area (TPSA) is 55.1 Å². The van der Waals surface area contributed by atoms with Gasteiger partial charge in [0, 0.05) is 10.8 Å². The first-order valence-corrected chi connectivity index (χ1v) is 6.14. The Morgan fingerprint density at radius 3 is 2.76 bits per heavy atom. The second-order valence-corrected chi connectivity index (χ2v) is 5.61. The van der Waals surface area contributed by atoms with Crippen molar-refractivity contribution in [2.75, 3.05) is 5.32 Å². The van der Waals surface area contributed by atoms with Crippen LogP contribution in [0.1, 0.15) is 36.8 Å². The van der Waals surface area contributed by atoms with Gasteiger partial charge in [-0.1, -0.05) is 20.8 Å². The smallest absolute Gasteiger partial charge is 0.260 e. The number of hydrogen-bond donors (Lipinski definition) is 1. The Morgan fingerprint density at radius 1 is 1.47 bits per heavy atom. The highest BCUT2D eigenvalue weighted by atomic mass is 32.1. The number of anilines is 1. The lowest BCUT2D eigenvalue weighted by atomic mass is 9.93. The molecule has 0 aliphatic heterocycles. The molecule has 1 amide bonds. The summed E-state index contributed by atoms with van der Waals surface area (Å²) in [6.07, 6.45) is 2.88. The minimum absolute atomic E-state index is 0.00484. The van der Waals surface area contributed by atoms with E-state index in [-0.39, 0.29) is 11.3 Å². The SMILES string of the molecule is CC(C)(C)c1csc(NC(=O)c2ccoc2)n1. The van der Waals surface area contributed by atoms with E-state index in [1.54, 1.807) is 6.07 Å². The van der Waals surface area contributed by atoms with Crippen LogP contribution in [0.15, 0.2) is 28.4 Å². The summed E-state index contributed by atoms with van der Waals surface area (Å²) in [6, 6.07) is 1.62. The van der Waals surface area contributed by atoms with E-state index in [2.05, 4.69) is 31.1 Å². The zero-order chi connectivity index (χ0) is 12.5. The molecular formula is C12H14N2O2S. The Kier molecular flexibility index (Phi) is 3.02. The van der Waals surface area contributed by atoms with E-state index in [1.807, 2.05) is 5.38 Å². The molecule has 4 nitrogen and oxygen atoms in total. The first-order chi connectivity index (χ1) is 7.97. The molecule has 0 atom stereocenters. The minimum Gasteiger partial charge on any atom is -0.472 e. The lowest BCUT2D eigenvalue weighted by molar-refractivity contribution is 0.102. The van der Waals surface area contributed by atoms with E-state index in [0.717, 1.165) is 5.69 Å². The molecule has 0 saturated heterocycles. The summed E-state index contributed by atoms with van der Waals surface area (Å²) in [6.45, 7) is 6.26. The number of thiazole rings is 1. The average Bonchev–Trinajstić information content (AvgIpc) is 2.85. The second kappa shape index (κ2) is 4.33. The van der Waals surface area contributed by atoms with Gasteiger partial charge in [-0.25, -0.2) is 4.98 Å². The van der Waals surface area contributed by atoms with E-state index < -0.39 is 0 Å². The van der Waals surface area contributed by atoms with E-state index in [9.17, 15) is 4.79 Å². The summed E-state index contributed by atoms with van der Waals surface area (Å²) < 4.78 is 4.85. The van der Waals surface area contributed by atoms with Crippen molar-refractivity contribution < 1.29 is 9.21 Å². The molecular weight excluding hydrogens is 236 g/mol. The number of hydrogen-bond acceptors (Lipinski definition) is 4. The number of nitrogens with zero attached hydrogens (tertiary/aromatic N) is 1. The van der Waals surface area contributed by atoms with Crippen molar-refractivity contribution in [3.63, 3.8) is 0 Å². The Hall–Kier alpha value is -1.62. The number of carbonyl (C=O) groups is 1. The summed E-state index contributed by atoms with van der Waals surface area (Å²) in [5.41, 5.74) is 1.47. The highest BCUT2D eigenvalue weighted by molar-refractivity contribution is 7.14. The van der Waals surface area contributed by atoms with Crippen LogP contribution >= 0.6 is 11.3 Å². The van der Waals surface area contributed by atoms with Gasteiger partial charge in [-0.15, -0.1) is 11.3 Å². The van der Waals surface area contributed by atoms with Crippen LogP contribution in [-0.4, -0.2) is 10.9 Å². The van der Waals surface area contributed by atoms with E-state index in [1.165, 1.54) is 23.9 Å². The molecule has 0 aliphatic carbocycles. The first kappa shape index (κ1) is 11.9. The largest absolute Gasteiger partial charge is 0.472 e. The lowest BCUT2D eigenvalue weighted by Gasteiger charge is -2.14. The molecule has 2 aromatic rings. The zero-order valence-corrected chi connectivity index (χ0v) is 10.8. The van der Waals surface area contributed by atoms with Gasteiger partial charge < -0.3 is 4.42 Å². The summed E-state index contributed by atoms with van der Waals surface area (Å²) in [4.78, 5) is 16.1. The van der Waals surface area contributed by atoms with Crippen molar-refractivity contribution in [1.29, 1.82) is 0 Å². The third kappa shape index (κ3) is 2.74. The number of rotatable bonds is 2. The van der Waals surface area contributed by atoms with Gasteiger partial charge in [0.1, 0.15) is 6.26 Å². The van der Waals surface area contributed by atoms with Crippen molar-refractivity contribution >= 4 is 22.4 Å². The highest BCUT2D eigenvalue weighted by Crippen LogP contribution is 2.26. The maximum absolute atomic E-state index is 11.7. The number of amides is 1. The molecule has 0 unspecified atom stereocenters. The summed E-state index contributed by atoms with van der Waals surface area (Å²) in [5, 5.41) is 5.32. The van der Waals surface area contributed by atoms with Gasteiger partial charge in [-0.2, -0.15) is 0 Å². The van der Waals surface area contributed by atoms with Crippen molar-refractivity contribution in [2.24, 2.45) is 0 Å². The molecule has 1 N–H and O–H groups in total. The van der Waals surface area contributed by atoms with E-state index in [0.29, 0.717) is 10.7 Å². The predicted octanol–water partition coefficient (Wildman–Crippen LogP) is 3.29. The number of nitrogens with one attached hydrogen (secondary N) is 1. The van der Waals surface area contributed by atoms with Gasteiger partial charge in [-0.3, -0.25) is 10.1 Å². The first-order valence-electron chi connectivity index (χ1n) is 5.26. The van der Waals surface area contributed by atoms with E-state index in [4.69, 9.17) is 4.42 Å². The monoisotopic (exact) mass is 250 g/mol. The fourth-order valence-electron chi connectivity index (χ4n) is 1.24. The Bertz CT molecular complexity index is 509. The molecule has 0 bridgehead atoms. The third-order valence-corrected chi connectivity index (χ3v) is 3.03. The van der Waals surface area contributed by atoms with Gasteiger partial charge in [0.2, 0.25) is 0 Å². The molecule has 0 aliphatic rings. The summed E-state index contributed by atoms with van der Waals surface area (Å²) in [5.74, 6) is -0.200. The van der Waals surface area contributed by atoms with Crippen LogP contribution in [0.5, 0.6) is 0 Å². The van der Waals surface area contributed by atoms with Crippen molar-refractivity contribution in [2.45, 2.75) is 26.2 Å². The molecule has 0 saturated carbocycles. The summed E-state index contributed by atoms with van der Waals surface area (Å²) in [7, 11) is 0. The predicted molar refractivity (Wildman–Crippen MR) is 67.5 cm³/mol. The van der Waals surface area contributed by atoms with Gasteiger partial charge >= 0.3 is 0 Å². The molecule has 2 aromatic heterocycles. The highest BCUT2D eigenvalue weighted by Gasteiger charge is 2.18. The lowest BCUT2D eigenvalue weighted by Crippen LogP contribution is -2.13. The number of aromatic nitrogens is 1. The molecule has 0 radical (unpaired) electrons. The molecule has 0 fully saturated rings. The maximum atomic E-state index is 11.7. The Morgan fingerprint density at radius 2 is 2.24 bits per heavy atom. The number of carbonyl (C=O) groups excluding carboxylic acids is 1. The van der Waals surface area contributed by atoms with Crippen molar-refractivity contribution in [3.05, 3.63) is 35.2 Å². The average molecular weight is 250 g/mol. The van der Waals surface area contributed by atoms with Gasteiger partial charge in [-0.05, 0) is 6.07 Å². The molecule has 5 heteroatoms. The van der Waals surface area contributed by atoms with Gasteiger partial charge in [0.15, 0.2) is 5.13 Å². The van der Waals surface area contributed by atoms with Crippen LogP contribution in [0, 0.1) is 0 Å². The third-order valence-electron chi connectivity index (χ3n) is 2.28. The fraction of sp³-hybridized carbons (Fsp3) is 0.333. The maximum Gasteiger partial charge on any atom is 0.260 e. The molecule has 2 rings (SSSR count). The van der Waals surface area contributed by atoms with Crippen molar-refractivity contribution in [1.82, 2.24) is 4.98 Å². The van der Waals surface area contributed by atoms with Gasteiger partial charge in [0.05, 0.1) is 17.5 Å².